The Labute approximate surface area is 125 Å². The van der Waals surface area contributed by atoms with E-state index in [1.165, 1.54) is 0 Å². The zero-order valence-electron chi connectivity index (χ0n) is 11.7. The summed E-state index contributed by atoms with van der Waals surface area (Å²) >= 11 is 5.90. The van der Waals surface area contributed by atoms with Crippen LogP contribution in [-0.2, 0) is 6.18 Å². The summed E-state index contributed by atoms with van der Waals surface area (Å²) in [7, 11) is 0. The van der Waals surface area contributed by atoms with Crippen LogP contribution in [0.3, 0.4) is 0 Å². The van der Waals surface area contributed by atoms with Gasteiger partial charge < -0.3 is 4.90 Å². The highest BCUT2D eigenvalue weighted by Gasteiger charge is 2.35. The molecule has 0 saturated heterocycles. The van der Waals surface area contributed by atoms with Crippen LogP contribution in [-0.4, -0.2) is 18.0 Å². The highest BCUT2D eigenvalue weighted by molar-refractivity contribution is 6.34. The lowest BCUT2D eigenvalue weighted by Crippen LogP contribution is -2.26. The molecule has 1 aromatic rings. The highest BCUT2D eigenvalue weighted by atomic mass is 35.5. The van der Waals surface area contributed by atoms with Crippen LogP contribution in [0.4, 0.5) is 24.5 Å². The molecule has 0 fully saturated rings. The molecule has 118 valence electrons. The minimum Gasteiger partial charge on any atom is -0.365 e. The summed E-state index contributed by atoms with van der Waals surface area (Å²) in [5, 5.41) is 10.9. The number of hydrogen-bond acceptors (Lipinski definition) is 3. The van der Waals surface area contributed by atoms with Crippen molar-refractivity contribution in [1.29, 1.82) is 0 Å². The first-order valence-corrected chi connectivity index (χ1v) is 6.90. The smallest absolute Gasteiger partial charge is 0.365 e. The zero-order chi connectivity index (χ0) is 16.2. The summed E-state index contributed by atoms with van der Waals surface area (Å²) in [6.07, 6.45) is -3.27. The van der Waals surface area contributed by atoms with Crippen LogP contribution in [0.1, 0.15) is 32.3 Å². The summed E-state index contributed by atoms with van der Waals surface area (Å²) < 4.78 is 38.2. The Kier molecular flexibility index (Phi) is 5.83. The molecule has 0 aromatic heterocycles. The van der Waals surface area contributed by atoms with Gasteiger partial charge in [-0.2, -0.15) is 13.2 Å². The Morgan fingerprint density at radius 3 is 2.14 bits per heavy atom. The third kappa shape index (κ3) is 4.23. The Hall–Kier alpha value is -1.50. The predicted octanol–water partition coefficient (Wildman–Crippen LogP) is 4.89. The van der Waals surface area contributed by atoms with Gasteiger partial charge >= 0.3 is 6.18 Å². The van der Waals surface area contributed by atoms with Gasteiger partial charge in [-0.1, -0.05) is 25.4 Å². The largest absolute Gasteiger partial charge is 0.416 e. The van der Waals surface area contributed by atoms with Crippen LogP contribution in [0.15, 0.2) is 12.1 Å². The molecule has 4 nitrogen and oxygen atoms in total. The molecule has 0 N–H and O–H groups in total. The average molecular weight is 325 g/mol. The summed E-state index contributed by atoms with van der Waals surface area (Å²) in [5.41, 5.74) is -1.68. The number of benzene rings is 1. The van der Waals surface area contributed by atoms with Gasteiger partial charge in [-0.05, 0) is 18.9 Å². The first-order valence-electron chi connectivity index (χ1n) is 6.52. The Balaban J connectivity index is 3.46. The van der Waals surface area contributed by atoms with Crippen molar-refractivity contribution in [2.75, 3.05) is 18.0 Å². The van der Waals surface area contributed by atoms with Gasteiger partial charge in [0.05, 0.1) is 15.5 Å². The van der Waals surface area contributed by atoms with E-state index in [0.717, 1.165) is 6.07 Å². The van der Waals surface area contributed by atoms with Gasteiger partial charge in [0.2, 0.25) is 0 Å². The molecule has 0 aliphatic rings. The van der Waals surface area contributed by atoms with Crippen molar-refractivity contribution >= 4 is 23.0 Å². The van der Waals surface area contributed by atoms with Crippen LogP contribution in [0.2, 0.25) is 5.02 Å². The molecule has 0 atom stereocenters. The summed E-state index contributed by atoms with van der Waals surface area (Å²) in [4.78, 5) is 11.9. The number of halogens is 4. The molecule has 0 amide bonds. The van der Waals surface area contributed by atoms with Crippen molar-refractivity contribution in [2.45, 2.75) is 32.9 Å². The molecule has 21 heavy (non-hydrogen) atoms. The number of nitro groups is 1. The van der Waals surface area contributed by atoms with Crippen molar-refractivity contribution in [3.05, 3.63) is 32.8 Å². The lowest BCUT2D eigenvalue weighted by Gasteiger charge is -2.25. The summed E-state index contributed by atoms with van der Waals surface area (Å²) in [6, 6.07) is 1.28. The number of hydrogen-bond donors (Lipinski definition) is 0. The number of anilines is 1. The average Bonchev–Trinajstić information content (AvgIpc) is 2.36. The van der Waals surface area contributed by atoms with Gasteiger partial charge in [-0.15, -0.1) is 0 Å². The van der Waals surface area contributed by atoms with Crippen molar-refractivity contribution in [3.8, 4) is 0 Å². The standard InChI is InChI=1S/C13H16ClF3N2O2/c1-3-5-18(6-4-2)12-10(14)7-9(13(15,16)17)8-11(12)19(20)21/h7-8H,3-6H2,1-2H3. The van der Waals surface area contributed by atoms with Gasteiger partial charge in [0.15, 0.2) is 0 Å². The van der Waals surface area contributed by atoms with E-state index in [1.54, 1.807) is 4.90 Å². The second-order valence-electron chi connectivity index (χ2n) is 4.57. The van der Waals surface area contributed by atoms with E-state index in [-0.39, 0.29) is 10.7 Å². The molecular weight excluding hydrogens is 309 g/mol. The molecule has 1 aromatic carbocycles. The minimum absolute atomic E-state index is 0.0540. The monoisotopic (exact) mass is 324 g/mol. The molecule has 0 radical (unpaired) electrons. The molecule has 8 heteroatoms. The molecule has 0 spiro atoms. The van der Waals surface area contributed by atoms with Gasteiger partial charge in [-0.25, -0.2) is 0 Å². The van der Waals surface area contributed by atoms with Gasteiger partial charge in [-0.3, -0.25) is 10.1 Å². The number of nitrogens with zero attached hydrogens (tertiary/aromatic N) is 2. The van der Waals surface area contributed by atoms with E-state index in [1.807, 2.05) is 13.8 Å². The molecule has 1 rings (SSSR count). The lowest BCUT2D eigenvalue weighted by molar-refractivity contribution is -0.384. The van der Waals surface area contributed by atoms with E-state index in [9.17, 15) is 23.3 Å². The molecule has 0 bridgehead atoms. The van der Waals surface area contributed by atoms with Crippen molar-refractivity contribution in [3.63, 3.8) is 0 Å². The Morgan fingerprint density at radius 1 is 1.24 bits per heavy atom. The van der Waals surface area contributed by atoms with E-state index >= 15 is 0 Å². The quantitative estimate of drug-likeness (QED) is 0.552. The van der Waals surface area contributed by atoms with E-state index in [0.29, 0.717) is 32.0 Å². The van der Waals surface area contributed by atoms with Crippen LogP contribution in [0, 0.1) is 10.1 Å². The van der Waals surface area contributed by atoms with Crippen molar-refractivity contribution < 1.29 is 18.1 Å². The Morgan fingerprint density at radius 2 is 1.76 bits per heavy atom. The molecule has 0 heterocycles. The van der Waals surface area contributed by atoms with E-state index in [2.05, 4.69) is 0 Å². The predicted molar refractivity (Wildman–Crippen MR) is 75.9 cm³/mol. The lowest BCUT2D eigenvalue weighted by atomic mass is 10.1. The SMILES string of the molecule is CCCN(CCC)c1c(Cl)cc(C(F)(F)F)cc1[N+](=O)[O-]. The maximum atomic E-state index is 12.7. The normalized spacial score (nSPS) is 11.5. The number of nitro benzene ring substituents is 1. The Bertz CT molecular complexity index is 515. The highest BCUT2D eigenvalue weighted by Crippen LogP contribution is 2.41. The van der Waals surface area contributed by atoms with Crippen molar-refractivity contribution in [1.82, 2.24) is 0 Å². The van der Waals surface area contributed by atoms with E-state index in [4.69, 9.17) is 11.6 Å². The number of rotatable bonds is 6. The minimum atomic E-state index is -4.67. The van der Waals surface area contributed by atoms with Crippen LogP contribution in [0.25, 0.3) is 0 Å². The molecule has 0 aliphatic heterocycles. The third-order valence-corrected chi connectivity index (χ3v) is 3.16. The van der Waals surface area contributed by atoms with Crippen molar-refractivity contribution in [2.24, 2.45) is 0 Å². The summed E-state index contributed by atoms with van der Waals surface area (Å²) in [6.45, 7) is 4.73. The van der Waals surface area contributed by atoms with Gasteiger partial charge in [0, 0.05) is 19.2 Å². The second kappa shape index (κ2) is 6.98. The first kappa shape index (κ1) is 17.6. The van der Waals surface area contributed by atoms with E-state index < -0.39 is 22.4 Å². The fourth-order valence-corrected chi connectivity index (χ4v) is 2.41. The van der Waals surface area contributed by atoms with Gasteiger partial charge in [0.25, 0.3) is 5.69 Å². The third-order valence-electron chi connectivity index (χ3n) is 2.87. The van der Waals surface area contributed by atoms with Crippen LogP contribution >= 0.6 is 11.6 Å². The van der Waals surface area contributed by atoms with Crippen LogP contribution in [0.5, 0.6) is 0 Å². The molecule has 0 unspecified atom stereocenters. The first-order chi connectivity index (χ1) is 9.72. The second-order valence-corrected chi connectivity index (χ2v) is 4.97. The maximum absolute atomic E-state index is 12.7. The van der Waals surface area contributed by atoms with Crippen LogP contribution < -0.4 is 4.90 Å². The molecule has 0 aliphatic carbocycles. The molecular formula is C13H16ClF3N2O2. The number of alkyl halides is 3. The fraction of sp³-hybridized carbons (Fsp3) is 0.538. The summed E-state index contributed by atoms with van der Waals surface area (Å²) in [5.74, 6) is 0. The fourth-order valence-electron chi connectivity index (χ4n) is 2.08. The van der Waals surface area contributed by atoms with Gasteiger partial charge in [0.1, 0.15) is 5.69 Å². The zero-order valence-corrected chi connectivity index (χ0v) is 12.5. The topological polar surface area (TPSA) is 46.4 Å². The molecule has 0 saturated carbocycles. The maximum Gasteiger partial charge on any atom is 0.416 e.